The third kappa shape index (κ3) is 5.21. The smallest absolute Gasteiger partial charge is 0.303 e. The predicted molar refractivity (Wildman–Crippen MR) is 111 cm³/mol. The van der Waals surface area contributed by atoms with Crippen LogP contribution in [0.4, 0.5) is 4.39 Å². The lowest BCUT2D eigenvalue weighted by atomic mass is 10.1. The molecule has 0 radical (unpaired) electrons. The first kappa shape index (κ1) is 19.6. The maximum atomic E-state index is 13.9. The van der Waals surface area contributed by atoms with Gasteiger partial charge in [-0.25, -0.2) is 4.39 Å². The van der Waals surface area contributed by atoms with Crippen molar-refractivity contribution in [3.63, 3.8) is 0 Å². The minimum absolute atomic E-state index is 0.137. The fourth-order valence-corrected chi connectivity index (χ4v) is 4.44. The summed E-state index contributed by atoms with van der Waals surface area (Å²) in [5, 5.41) is 8.70. The number of nitrogens with zero attached hydrogens (tertiary/aromatic N) is 1. The molecule has 3 aromatic rings. The molecule has 2 heterocycles. The second kappa shape index (κ2) is 8.74. The molecular weight excluding hydrogens is 389 g/mol. The number of aliphatic carboxylic acids is 1. The van der Waals surface area contributed by atoms with Gasteiger partial charge < -0.3 is 9.84 Å². The van der Waals surface area contributed by atoms with Crippen LogP contribution in [0, 0.1) is 5.82 Å². The number of aromatic nitrogens is 1. The van der Waals surface area contributed by atoms with Crippen molar-refractivity contribution >= 4 is 17.3 Å². The van der Waals surface area contributed by atoms with Crippen molar-refractivity contribution in [2.75, 3.05) is 0 Å². The molecule has 1 N–H and O–H groups in total. The fraction of sp³-hybridized carbons (Fsp3) is 0.304. The Morgan fingerprint density at radius 1 is 1.21 bits per heavy atom. The second-order valence-electron chi connectivity index (χ2n) is 7.30. The van der Waals surface area contributed by atoms with Crippen LogP contribution in [-0.4, -0.2) is 16.1 Å². The first-order valence-electron chi connectivity index (χ1n) is 9.76. The zero-order valence-corrected chi connectivity index (χ0v) is 16.8. The van der Waals surface area contributed by atoms with Crippen LogP contribution in [0.1, 0.15) is 47.7 Å². The van der Waals surface area contributed by atoms with Crippen LogP contribution in [-0.2, 0) is 17.8 Å². The number of thiophene rings is 1. The van der Waals surface area contributed by atoms with E-state index in [-0.39, 0.29) is 12.2 Å². The topological polar surface area (TPSA) is 59.4 Å². The third-order valence-corrected chi connectivity index (χ3v) is 6.24. The van der Waals surface area contributed by atoms with Gasteiger partial charge in [-0.15, -0.1) is 11.3 Å². The van der Waals surface area contributed by atoms with Crippen molar-refractivity contribution in [2.45, 2.75) is 44.6 Å². The summed E-state index contributed by atoms with van der Waals surface area (Å²) < 4.78 is 19.8. The first-order chi connectivity index (χ1) is 14.1. The molecule has 29 heavy (non-hydrogen) atoms. The molecule has 2 aromatic heterocycles. The summed E-state index contributed by atoms with van der Waals surface area (Å²) in [7, 11) is 0. The van der Waals surface area contributed by atoms with Crippen LogP contribution in [0.25, 0.3) is 10.4 Å². The van der Waals surface area contributed by atoms with Gasteiger partial charge in [0.15, 0.2) is 0 Å². The Kier molecular flexibility index (Phi) is 5.90. The molecule has 0 amide bonds. The van der Waals surface area contributed by atoms with Gasteiger partial charge in [-0.1, -0.05) is 6.07 Å². The highest BCUT2D eigenvalue weighted by molar-refractivity contribution is 7.15. The molecule has 0 unspecified atom stereocenters. The number of carboxylic acid groups (broad SMARTS) is 1. The molecule has 1 aromatic carbocycles. The predicted octanol–water partition coefficient (Wildman–Crippen LogP) is 5.81. The van der Waals surface area contributed by atoms with Crippen LogP contribution < -0.4 is 4.74 Å². The lowest BCUT2D eigenvalue weighted by Gasteiger charge is -2.11. The standard InChI is InChI=1S/C23H22FNO3S/c24-17-7-6-16(20(12-17)22-11-10-21(29-22)15-4-5-15)14-28-19-9-8-18(25-13-19)2-1-3-23(26)27/h6-13,15H,1-5,14H2,(H,26,27). The van der Waals surface area contributed by atoms with Crippen molar-refractivity contribution in [3.8, 4) is 16.2 Å². The lowest BCUT2D eigenvalue weighted by molar-refractivity contribution is -0.137. The van der Waals surface area contributed by atoms with E-state index in [1.807, 2.05) is 12.1 Å². The molecule has 1 fully saturated rings. The van der Waals surface area contributed by atoms with Crippen molar-refractivity contribution in [1.82, 2.24) is 4.98 Å². The number of carbonyl (C=O) groups is 1. The highest BCUT2D eigenvalue weighted by Gasteiger charge is 2.25. The van der Waals surface area contributed by atoms with Crippen molar-refractivity contribution in [1.29, 1.82) is 0 Å². The Hall–Kier alpha value is -2.73. The normalized spacial score (nSPS) is 13.4. The monoisotopic (exact) mass is 411 g/mol. The van der Waals surface area contributed by atoms with Gasteiger partial charge in [0.2, 0.25) is 0 Å². The van der Waals surface area contributed by atoms with E-state index in [1.165, 1.54) is 23.8 Å². The van der Waals surface area contributed by atoms with Gasteiger partial charge in [0.05, 0.1) is 6.20 Å². The fourth-order valence-electron chi connectivity index (χ4n) is 3.21. The maximum absolute atomic E-state index is 13.9. The molecule has 4 rings (SSSR count). The molecule has 0 spiro atoms. The molecule has 1 saturated carbocycles. The van der Waals surface area contributed by atoms with Gasteiger partial charge in [0.25, 0.3) is 0 Å². The van der Waals surface area contributed by atoms with Crippen molar-refractivity contribution < 1.29 is 19.0 Å². The Morgan fingerprint density at radius 3 is 2.79 bits per heavy atom. The van der Waals surface area contributed by atoms with Crippen molar-refractivity contribution in [2.24, 2.45) is 0 Å². The van der Waals surface area contributed by atoms with Crippen LogP contribution in [0.2, 0.25) is 0 Å². The van der Waals surface area contributed by atoms with E-state index in [4.69, 9.17) is 9.84 Å². The molecule has 0 bridgehead atoms. The van der Waals surface area contributed by atoms with Crippen molar-refractivity contribution in [3.05, 3.63) is 70.6 Å². The summed E-state index contributed by atoms with van der Waals surface area (Å²) in [6.45, 7) is 0.326. The van der Waals surface area contributed by atoms with Gasteiger partial charge in [0, 0.05) is 27.4 Å². The molecule has 4 nitrogen and oxygen atoms in total. The molecule has 150 valence electrons. The van der Waals surface area contributed by atoms with Gasteiger partial charge in [-0.3, -0.25) is 9.78 Å². The lowest BCUT2D eigenvalue weighted by Crippen LogP contribution is -2.00. The minimum Gasteiger partial charge on any atom is -0.487 e. The highest BCUT2D eigenvalue weighted by Crippen LogP contribution is 2.45. The zero-order chi connectivity index (χ0) is 20.2. The van der Waals surface area contributed by atoms with Gasteiger partial charge in [0.1, 0.15) is 18.2 Å². The number of rotatable bonds is 9. The van der Waals surface area contributed by atoms with E-state index in [9.17, 15) is 9.18 Å². The van der Waals surface area contributed by atoms with E-state index in [0.29, 0.717) is 31.1 Å². The SMILES string of the molecule is O=C(O)CCCc1ccc(OCc2ccc(F)cc2-c2ccc(C3CC3)s2)cn1. The van der Waals surface area contributed by atoms with E-state index in [0.717, 1.165) is 21.7 Å². The van der Waals surface area contributed by atoms with E-state index < -0.39 is 5.97 Å². The molecule has 1 aliphatic carbocycles. The summed E-state index contributed by atoms with van der Waals surface area (Å²) in [5.41, 5.74) is 2.65. The van der Waals surface area contributed by atoms with Crippen LogP contribution in [0.5, 0.6) is 5.75 Å². The summed E-state index contributed by atoms with van der Waals surface area (Å²) in [4.78, 5) is 17.4. The van der Waals surface area contributed by atoms with Crippen LogP contribution in [0.15, 0.2) is 48.7 Å². The van der Waals surface area contributed by atoms with E-state index >= 15 is 0 Å². The molecule has 6 heteroatoms. The zero-order valence-electron chi connectivity index (χ0n) is 15.9. The Morgan fingerprint density at radius 2 is 2.07 bits per heavy atom. The van der Waals surface area contributed by atoms with E-state index in [2.05, 4.69) is 17.1 Å². The van der Waals surface area contributed by atoms with Crippen LogP contribution in [0.3, 0.4) is 0 Å². The van der Waals surface area contributed by atoms with Gasteiger partial charge in [-0.2, -0.15) is 0 Å². The Labute approximate surface area is 173 Å². The number of aryl methyl sites for hydroxylation is 1. The quantitative estimate of drug-likeness (QED) is 0.482. The molecule has 1 aliphatic rings. The van der Waals surface area contributed by atoms with Gasteiger partial charge in [-0.05, 0) is 73.6 Å². The Bertz CT molecular complexity index is 996. The van der Waals surface area contributed by atoms with E-state index in [1.54, 1.807) is 29.7 Å². The average Bonchev–Trinajstić information content (AvgIpc) is 3.44. The summed E-state index contributed by atoms with van der Waals surface area (Å²) in [6, 6.07) is 12.7. The number of hydrogen-bond acceptors (Lipinski definition) is 4. The summed E-state index contributed by atoms with van der Waals surface area (Å²) in [6.07, 6.45) is 5.46. The Balaban J connectivity index is 1.42. The summed E-state index contributed by atoms with van der Waals surface area (Å²) in [5.74, 6) is 0.266. The largest absolute Gasteiger partial charge is 0.487 e. The summed E-state index contributed by atoms with van der Waals surface area (Å²) >= 11 is 1.74. The number of pyridine rings is 1. The number of halogens is 1. The number of carboxylic acids is 1. The molecule has 0 aliphatic heterocycles. The number of hydrogen-bond donors (Lipinski definition) is 1. The molecular formula is C23H22FNO3S. The second-order valence-corrected chi connectivity index (χ2v) is 8.41. The molecule has 0 saturated heterocycles. The number of benzene rings is 1. The molecule has 0 atom stereocenters. The average molecular weight is 411 g/mol. The number of ether oxygens (including phenoxy) is 1. The highest BCUT2D eigenvalue weighted by atomic mass is 32.1. The van der Waals surface area contributed by atoms with Gasteiger partial charge >= 0.3 is 5.97 Å². The third-order valence-electron chi connectivity index (χ3n) is 4.96. The first-order valence-corrected chi connectivity index (χ1v) is 10.6. The minimum atomic E-state index is -0.796. The maximum Gasteiger partial charge on any atom is 0.303 e. The van der Waals surface area contributed by atoms with Crippen LogP contribution >= 0.6 is 11.3 Å².